The molecule has 140 valence electrons. The van der Waals surface area contributed by atoms with Gasteiger partial charge >= 0.3 is 6.03 Å². The first kappa shape index (κ1) is 16.6. The minimum Gasteiger partial charge on any atom is -0.334 e. The van der Waals surface area contributed by atoms with Crippen molar-refractivity contribution in [3.8, 4) is 0 Å². The summed E-state index contributed by atoms with van der Waals surface area (Å²) < 4.78 is 0. The fourth-order valence-corrected chi connectivity index (χ4v) is 5.89. The number of fused-ring (bicyclic) bond motifs is 1. The Morgan fingerprint density at radius 1 is 0.923 bits per heavy atom. The third kappa shape index (κ3) is 2.72. The lowest BCUT2D eigenvalue weighted by Crippen LogP contribution is -2.71. The topological polar surface area (TPSA) is 38.8 Å². The van der Waals surface area contributed by atoms with Crippen LogP contribution in [0, 0.1) is 5.92 Å². The van der Waals surface area contributed by atoms with Gasteiger partial charge in [0.15, 0.2) is 0 Å². The van der Waals surface area contributed by atoms with Crippen LogP contribution in [0.15, 0.2) is 30.3 Å². The van der Waals surface area contributed by atoms with Crippen LogP contribution < -0.4 is 5.32 Å². The van der Waals surface area contributed by atoms with E-state index >= 15 is 0 Å². The molecule has 5 heteroatoms. The van der Waals surface area contributed by atoms with Gasteiger partial charge in [0.05, 0.1) is 0 Å². The molecule has 5 heterocycles. The van der Waals surface area contributed by atoms with Crippen LogP contribution in [0.3, 0.4) is 0 Å². The number of nitrogens with zero attached hydrogens (tertiary/aromatic N) is 3. The van der Waals surface area contributed by atoms with E-state index in [2.05, 4.69) is 45.4 Å². The first-order valence-electron chi connectivity index (χ1n) is 10.3. The molecule has 6 rings (SSSR count). The normalized spacial score (nSPS) is 38.8. The Kier molecular flexibility index (Phi) is 4.17. The molecule has 0 aliphatic carbocycles. The highest BCUT2D eigenvalue weighted by atomic mass is 16.2. The van der Waals surface area contributed by atoms with E-state index in [0.717, 1.165) is 65.2 Å². The summed E-state index contributed by atoms with van der Waals surface area (Å²) >= 11 is 0. The Morgan fingerprint density at radius 2 is 1.58 bits per heavy atom. The fraction of sp³-hybridized carbons (Fsp3) is 0.667. The Balaban J connectivity index is 1.47. The highest BCUT2D eigenvalue weighted by molar-refractivity contribution is 5.75. The lowest BCUT2D eigenvalue weighted by atomic mass is 9.64. The van der Waals surface area contributed by atoms with Gasteiger partial charge in [-0.25, -0.2) is 4.79 Å². The van der Waals surface area contributed by atoms with Crippen LogP contribution in [0.1, 0.15) is 24.8 Å². The highest BCUT2D eigenvalue weighted by Gasteiger charge is 2.55. The third-order valence-corrected chi connectivity index (χ3v) is 7.07. The highest BCUT2D eigenvalue weighted by Crippen LogP contribution is 2.43. The summed E-state index contributed by atoms with van der Waals surface area (Å²) in [7, 11) is 0. The summed E-state index contributed by atoms with van der Waals surface area (Å²) in [4.78, 5) is 20.3. The molecule has 1 aromatic carbocycles. The summed E-state index contributed by atoms with van der Waals surface area (Å²) in [5.74, 6) is 0.522. The van der Waals surface area contributed by atoms with Gasteiger partial charge in [0.2, 0.25) is 0 Å². The van der Waals surface area contributed by atoms with Crippen LogP contribution in [0.5, 0.6) is 0 Å². The summed E-state index contributed by atoms with van der Waals surface area (Å²) in [5.41, 5.74) is 1.41. The van der Waals surface area contributed by atoms with Crippen molar-refractivity contribution in [3.05, 3.63) is 35.9 Å². The molecule has 5 fully saturated rings. The van der Waals surface area contributed by atoms with Crippen LogP contribution in [0.25, 0.3) is 0 Å². The molecule has 4 bridgehead atoms. The monoisotopic (exact) mass is 354 g/mol. The first-order valence-corrected chi connectivity index (χ1v) is 10.3. The zero-order chi connectivity index (χ0) is 17.6. The Hall–Kier alpha value is -1.59. The number of hydrogen-bond acceptors (Lipinski definition) is 3. The molecule has 5 nitrogen and oxygen atoms in total. The van der Waals surface area contributed by atoms with Gasteiger partial charge in [0.1, 0.15) is 0 Å². The molecule has 0 saturated carbocycles. The smallest absolute Gasteiger partial charge is 0.317 e. The van der Waals surface area contributed by atoms with Crippen LogP contribution in [-0.4, -0.2) is 79.1 Å². The second-order valence-corrected chi connectivity index (χ2v) is 8.73. The molecule has 0 radical (unpaired) electrons. The van der Waals surface area contributed by atoms with Crippen molar-refractivity contribution >= 4 is 6.03 Å². The zero-order valence-electron chi connectivity index (χ0n) is 15.6. The predicted molar refractivity (Wildman–Crippen MR) is 102 cm³/mol. The van der Waals surface area contributed by atoms with Crippen molar-refractivity contribution in [3.63, 3.8) is 0 Å². The number of benzene rings is 1. The number of carbonyl (C=O) groups excluding carboxylic acids is 1. The van der Waals surface area contributed by atoms with Gasteiger partial charge in [-0.2, -0.15) is 0 Å². The van der Waals surface area contributed by atoms with E-state index in [4.69, 9.17) is 0 Å². The van der Waals surface area contributed by atoms with E-state index in [1.807, 2.05) is 4.90 Å². The van der Waals surface area contributed by atoms with Crippen molar-refractivity contribution in [1.29, 1.82) is 0 Å². The van der Waals surface area contributed by atoms with E-state index in [9.17, 15) is 4.79 Å². The zero-order valence-corrected chi connectivity index (χ0v) is 15.6. The standard InChI is InChI=1S/C21H30N4O/c26-20(25-9-5-2-6-10-25)22-19-17-13-23-11-12-24(14-17)16-21(19,15-23)18-7-3-1-4-8-18/h1,3-4,7-8,17,19H,2,5-6,9-16H2,(H,22,26)/t17?,19-,21?/m0/s1. The molecule has 5 saturated heterocycles. The minimum absolute atomic E-state index is 0.0182. The molecule has 0 aromatic heterocycles. The van der Waals surface area contributed by atoms with Gasteiger partial charge in [0.25, 0.3) is 0 Å². The van der Waals surface area contributed by atoms with Gasteiger partial charge in [0, 0.05) is 69.7 Å². The molecular formula is C21H30N4O. The molecule has 3 atom stereocenters. The number of likely N-dealkylation sites (tertiary alicyclic amines) is 1. The Bertz CT molecular complexity index is 641. The quantitative estimate of drug-likeness (QED) is 0.879. The van der Waals surface area contributed by atoms with Crippen LogP contribution in [0.4, 0.5) is 4.79 Å². The van der Waals surface area contributed by atoms with E-state index in [1.54, 1.807) is 0 Å². The number of hydrogen-bond donors (Lipinski definition) is 1. The third-order valence-electron chi connectivity index (χ3n) is 7.07. The van der Waals surface area contributed by atoms with Crippen molar-refractivity contribution in [1.82, 2.24) is 20.0 Å². The fourth-order valence-electron chi connectivity index (χ4n) is 5.89. The van der Waals surface area contributed by atoms with Crippen LogP contribution >= 0.6 is 0 Å². The average molecular weight is 354 g/mol. The number of nitrogens with one attached hydrogen (secondary N) is 1. The molecule has 1 aromatic rings. The predicted octanol–water partition coefficient (Wildman–Crippen LogP) is 1.75. The molecule has 26 heavy (non-hydrogen) atoms. The second-order valence-electron chi connectivity index (χ2n) is 8.73. The lowest BCUT2D eigenvalue weighted by Gasteiger charge is -2.56. The summed E-state index contributed by atoms with van der Waals surface area (Å²) in [6.07, 6.45) is 3.55. The molecule has 2 unspecified atom stereocenters. The number of amides is 2. The summed E-state index contributed by atoms with van der Waals surface area (Å²) in [6, 6.07) is 11.4. The molecule has 2 amide bonds. The molecule has 5 aliphatic heterocycles. The largest absolute Gasteiger partial charge is 0.334 e. The van der Waals surface area contributed by atoms with Crippen LogP contribution in [-0.2, 0) is 5.41 Å². The summed E-state index contributed by atoms with van der Waals surface area (Å²) in [5, 5.41) is 3.53. The SMILES string of the molecule is O=C(N[C@H]1C2CN3CCN(C2)CC1(c1ccccc1)C3)N1CCCCC1. The number of piperidine rings is 3. The maximum atomic E-state index is 13.0. The average Bonchev–Trinajstić information content (AvgIpc) is 2.94. The summed E-state index contributed by atoms with van der Waals surface area (Å²) in [6.45, 7) is 8.53. The van der Waals surface area contributed by atoms with Crippen LogP contribution in [0.2, 0.25) is 0 Å². The number of carbonyl (C=O) groups is 1. The van der Waals surface area contributed by atoms with Gasteiger partial charge in [-0.1, -0.05) is 30.3 Å². The van der Waals surface area contributed by atoms with Gasteiger partial charge in [-0.3, -0.25) is 0 Å². The number of rotatable bonds is 2. The van der Waals surface area contributed by atoms with E-state index in [-0.39, 0.29) is 17.5 Å². The van der Waals surface area contributed by atoms with Crippen molar-refractivity contribution in [2.24, 2.45) is 5.92 Å². The Morgan fingerprint density at radius 3 is 2.23 bits per heavy atom. The molecule has 0 spiro atoms. The van der Waals surface area contributed by atoms with E-state index in [0.29, 0.717) is 5.92 Å². The minimum atomic E-state index is 0.0182. The maximum Gasteiger partial charge on any atom is 0.317 e. The number of urea groups is 1. The van der Waals surface area contributed by atoms with E-state index in [1.165, 1.54) is 12.0 Å². The first-order chi connectivity index (χ1) is 12.7. The van der Waals surface area contributed by atoms with Crippen molar-refractivity contribution < 1.29 is 4.79 Å². The molecule has 5 aliphatic rings. The van der Waals surface area contributed by atoms with Gasteiger partial charge < -0.3 is 20.0 Å². The van der Waals surface area contributed by atoms with Gasteiger partial charge in [-0.15, -0.1) is 0 Å². The lowest BCUT2D eigenvalue weighted by molar-refractivity contribution is 0.0203. The molecular weight excluding hydrogens is 324 g/mol. The second kappa shape index (κ2) is 6.54. The van der Waals surface area contributed by atoms with E-state index < -0.39 is 0 Å². The van der Waals surface area contributed by atoms with Crippen molar-refractivity contribution in [2.75, 3.05) is 52.4 Å². The van der Waals surface area contributed by atoms with Crippen molar-refractivity contribution in [2.45, 2.75) is 30.7 Å². The Labute approximate surface area is 156 Å². The van der Waals surface area contributed by atoms with Gasteiger partial charge in [-0.05, 0) is 24.8 Å². The molecule has 1 N–H and O–H groups in total. The maximum absolute atomic E-state index is 13.0.